The Morgan fingerprint density at radius 3 is 1.43 bits per heavy atom. The molecule has 0 spiro atoms. The van der Waals surface area contributed by atoms with Crippen molar-refractivity contribution in [3.05, 3.63) is 0 Å². The van der Waals surface area contributed by atoms with Gasteiger partial charge in [-0.05, 0) is 12.8 Å². The second-order valence-corrected chi connectivity index (χ2v) is 13.9. The van der Waals surface area contributed by atoms with Gasteiger partial charge in [0.1, 0.15) is 12.7 Å². The van der Waals surface area contributed by atoms with E-state index in [9.17, 15) is 34.1 Å². The van der Waals surface area contributed by atoms with Crippen LogP contribution in [0.1, 0.15) is 168 Å². The van der Waals surface area contributed by atoms with Gasteiger partial charge in [0.2, 0.25) is 5.91 Å². The zero-order valence-corrected chi connectivity index (χ0v) is 29.8. The number of carbonyl (C=O) groups is 3. The fraction of sp³-hybridized carbons (Fsp3) is 0.912. The van der Waals surface area contributed by atoms with Gasteiger partial charge >= 0.3 is 19.8 Å². The largest absolute Gasteiger partial charge is 0.480 e. The van der Waals surface area contributed by atoms with Crippen LogP contribution < -0.4 is 5.32 Å². The van der Waals surface area contributed by atoms with Gasteiger partial charge < -0.3 is 25.2 Å². The monoisotopic (exact) mass is 679 g/mol. The van der Waals surface area contributed by atoms with Crippen LogP contribution in [-0.4, -0.2) is 64.9 Å². The lowest BCUT2D eigenvalue weighted by Crippen LogP contribution is -2.43. The summed E-state index contributed by atoms with van der Waals surface area (Å²) in [4.78, 5) is 45.5. The van der Waals surface area contributed by atoms with Crippen molar-refractivity contribution in [1.29, 1.82) is 0 Å². The maximum atomic E-state index is 12.2. The number of aliphatic carboxylic acids is 1. The van der Waals surface area contributed by atoms with Crippen molar-refractivity contribution >= 4 is 25.7 Å². The molecule has 0 saturated carbocycles. The third kappa shape index (κ3) is 29.9. The van der Waals surface area contributed by atoms with Gasteiger partial charge in [-0.2, -0.15) is 0 Å². The van der Waals surface area contributed by atoms with Crippen molar-refractivity contribution < 1.29 is 47.8 Å². The van der Waals surface area contributed by atoms with E-state index >= 15 is 0 Å². The van der Waals surface area contributed by atoms with Crippen LogP contribution in [0.15, 0.2) is 0 Å². The predicted octanol–water partition coefficient (Wildman–Crippen LogP) is 8.00. The van der Waals surface area contributed by atoms with E-state index in [1.54, 1.807) is 0 Å². The number of unbranched alkanes of at least 4 members (excludes halogenated alkanes) is 20. The van der Waals surface area contributed by atoms with Crippen molar-refractivity contribution in [2.45, 2.75) is 180 Å². The first-order valence-electron chi connectivity index (χ1n) is 18.1. The van der Waals surface area contributed by atoms with E-state index in [0.29, 0.717) is 12.8 Å². The van der Waals surface area contributed by atoms with Crippen molar-refractivity contribution in [2.75, 3.05) is 19.8 Å². The Labute approximate surface area is 278 Å². The summed E-state index contributed by atoms with van der Waals surface area (Å²) in [5.74, 6) is -2.37. The molecule has 4 N–H and O–H groups in total. The van der Waals surface area contributed by atoms with Crippen molar-refractivity contribution in [3.63, 3.8) is 0 Å². The molecule has 46 heavy (non-hydrogen) atoms. The number of aliphatic hydroxyl groups is 1. The molecule has 0 aromatic rings. The van der Waals surface area contributed by atoms with Gasteiger partial charge in [-0.15, -0.1) is 0 Å². The molecule has 11 nitrogen and oxygen atoms in total. The lowest BCUT2D eigenvalue weighted by molar-refractivity contribution is -0.147. The van der Waals surface area contributed by atoms with Crippen LogP contribution in [0.3, 0.4) is 0 Å². The Hall–Kier alpha value is -1.52. The zero-order chi connectivity index (χ0) is 34.3. The molecular formula is C34H66NO10P. The number of amides is 1. The third-order valence-corrected chi connectivity index (χ3v) is 8.85. The van der Waals surface area contributed by atoms with Gasteiger partial charge in [-0.1, -0.05) is 142 Å². The molecule has 0 aromatic heterocycles. The highest BCUT2D eigenvalue weighted by Gasteiger charge is 2.28. The van der Waals surface area contributed by atoms with Crippen LogP contribution in [0, 0.1) is 0 Å². The number of nitrogens with one attached hydrogen (secondary N) is 1. The Morgan fingerprint density at radius 1 is 0.609 bits per heavy atom. The van der Waals surface area contributed by atoms with Crippen LogP contribution >= 0.6 is 7.82 Å². The van der Waals surface area contributed by atoms with E-state index < -0.39 is 57.6 Å². The molecule has 0 aliphatic rings. The van der Waals surface area contributed by atoms with Crippen LogP contribution in [0.2, 0.25) is 0 Å². The van der Waals surface area contributed by atoms with E-state index in [0.717, 1.165) is 38.5 Å². The van der Waals surface area contributed by atoms with Gasteiger partial charge in [0.25, 0.3) is 0 Å². The summed E-state index contributed by atoms with van der Waals surface area (Å²) in [7, 11) is -4.73. The number of phosphoric ester groups is 1. The zero-order valence-electron chi connectivity index (χ0n) is 28.9. The number of carboxylic acids is 1. The van der Waals surface area contributed by atoms with E-state index in [-0.39, 0.29) is 12.8 Å². The second kappa shape index (κ2) is 30.8. The normalized spacial score (nSPS) is 14.0. The molecule has 1 amide bonds. The first-order valence-corrected chi connectivity index (χ1v) is 19.6. The minimum atomic E-state index is -4.73. The Balaban J connectivity index is 3.98. The second-order valence-electron chi connectivity index (χ2n) is 12.4. The molecule has 0 rings (SSSR count). The summed E-state index contributed by atoms with van der Waals surface area (Å²) in [6.07, 6.45) is 24.4. The van der Waals surface area contributed by atoms with Crippen LogP contribution in [0.4, 0.5) is 0 Å². The molecule has 3 atom stereocenters. The summed E-state index contributed by atoms with van der Waals surface area (Å²) in [5, 5.41) is 21.6. The fourth-order valence-electron chi connectivity index (χ4n) is 5.02. The number of ether oxygens (including phenoxy) is 1. The van der Waals surface area contributed by atoms with E-state index in [1.807, 2.05) is 0 Å². The first-order chi connectivity index (χ1) is 22.1. The predicted molar refractivity (Wildman–Crippen MR) is 180 cm³/mol. The molecule has 0 saturated heterocycles. The maximum Gasteiger partial charge on any atom is 0.472 e. The van der Waals surface area contributed by atoms with Gasteiger partial charge in [0.15, 0.2) is 6.04 Å². The smallest absolute Gasteiger partial charge is 0.472 e. The minimum absolute atomic E-state index is 0.152. The third-order valence-electron chi connectivity index (χ3n) is 7.90. The van der Waals surface area contributed by atoms with Gasteiger partial charge in [0, 0.05) is 12.8 Å². The van der Waals surface area contributed by atoms with Gasteiger partial charge in [-0.25, -0.2) is 9.36 Å². The fourth-order valence-corrected chi connectivity index (χ4v) is 5.79. The van der Waals surface area contributed by atoms with E-state index in [2.05, 4.69) is 19.2 Å². The standard InChI is InChI=1S/C34H66NO10P/c1-3-5-7-9-11-13-14-15-16-17-18-19-21-23-25-32(37)35-31(34(39)40)29-45-46(41,42)44-28-30(36)27-43-33(38)26-24-22-20-12-10-8-6-4-2/h30-31,36H,3-29H2,1-2H3,(H,35,37)(H,39,40)(H,41,42). The molecule has 0 radical (unpaired) electrons. The molecule has 12 heteroatoms. The number of aliphatic hydroxyl groups excluding tert-OH is 1. The number of phosphoric acid groups is 1. The van der Waals surface area contributed by atoms with Crippen LogP contribution in [0.25, 0.3) is 0 Å². The van der Waals surface area contributed by atoms with Crippen molar-refractivity contribution in [3.8, 4) is 0 Å². The van der Waals surface area contributed by atoms with Gasteiger partial charge in [-0.3, -0.25) is 18.6 Å². The number of hydrogen-bond acceptors (Lipinski definition) is 8. The summed E-state index contributed by atoms with van der Waals surface area (Å²) < 4.78 is 26.6. The molecule has 0 aliphatic carbocycles. The molecule has 0 bridgehead atoms. The summed E-state index contributed by atoms with van der Waals surface area (Å²) >= 11 is 0. The number of carbonyl (C=O) groups excluding carboxylic acids is 2. The summed E-state index contributed by atoms with van der Waals surface area (Å²) in [5.41, 5.74) is 0. The number of rotatable bonds is 34. The topological polar surface area (TPSA) is 169 Å². The highest BCUT2D eigenvalue weighted by molar-refractivity contribution is 7.47. The quantitative estimate of drug-likeness (QED) is 0.0297. The average molecular weight is 680 g/mol. The molecular weight excluding hydrogens is 613 g/mol. The summed E-state index contributed by atoms with van der Waals surface area (Å²) in [6, 6.07) is -1.54. The van der Waals surface area contributed by atoms with Crippen LogP contribution in [0.5, 0.6) is 0 Å². The van der Waals surface area contributed by atoms with Crippen LogP contribution in [-0.2, 0) is 32.7 Å². The lowest BCUT2D eigenvalue weighted by Gasteiger charge is -2.18. The number of carboxylic acid groups (broad SMARTS) is 1. The minimum Gasteiger partial charge on any atom is -0.480 e. The van der Waals surface area contributed by atoms with E-state index in [1.165, 1.54) is 89.9 Å². The molecule has 0 aliphatic heterocycles. The van der Waals surface area contributed by atoms with Crippen molar-refractivity contribution in [1.82, 2.24) is 5.32 Å². The van der Waals surface area contributed by atoms with E-state index in [4.69, 9.17) is 13.8 Å². The average Bonchev–Trinajstić information content (AvgIpc) is 3.02. The molecule has 0 heterocycles. The lowest BCUT2D eigenvalue weighted by atomic mass is 10.0. The van der Waals surface area contributed by atoms with Gasteiger partial charge in [0.05, 0.1) is 13.2 Å². The Morgan fingerprint density at radius 2 is 1.00 bits per heavy atom. The molecule has 3 unspecified atom stereocenters. The molecule has 272 valence electrons. The first kappa shape index (κ1) is 44.5. The number of esters is 1. The Bertz CT molecular complexity index is 813. The summed E-state index contributed by atoms with van der Waals surface area (Å²) in [6.45, 7) is 2.53. The van der Waals surface area contributed by atoms with Crippen molar-refractivity contribution in [2.24, 2.45) is 0 Å². The maximum absolute atomic E-state index is 12.2. The SMILES string of the molecule is CCCCCCCCCCCCCCCCC(=O)NC(COP(=O)(O)OCC(O)COC(=O)CCCCCCCCCC)C(=O)O. The highest BCUT2D eigenvalue weighted by atomic mass is 31.2. The molecule has 0 fully saturated rings. The number of hydrogen-bond donors (Lipinski definition) is 4. The molecule has 0 aromatic carbocycles. The Kier molecular flexibility index (Phi) is 29.8. The highest BCUT2D eigenvalue weighted by Crippen LogP contribution is 2.43.